The molecular formula is C67H120N2O6P+. The van der Waals surface area contributed by atoms with Crippen molar-refractivity contribution in [3.63, 3.8) is 0 Å². The van der Waals surface area contributed by atoms with Crippen LogP contribution in [0.4, 0.5) is 0 Å². The van der Waals surface area contributed by atoms with Gasteiger partial charge in [0.25, 0.3) is 0 Å². The van der Waals surface area contributed by atoms with Gasteiger partial charge in [0.1, 0.15) is 13.2 Å². The minimum absolute atomic E-state index is 0.0538. The quantitative estimate of drug-likeness (QED) is 0.0243. The number of likely N-dealkylation sites (N-methyl/N-ethyl adjacent to an activating group) is 1. The fourth-order valence-electron chi connectivity index (χ4n) is 8.63. The fourth-order valence-corrected chi connectivity index (χ4v) is 9.36. The zero-order valence-electron chi connectivity index (χ0n) is 50.0. The van der Waals surface area contributed by atoms with Crippen molar-refractivity contribution >= 4 is 13.7 Å². The number of unbranched alkanes of at least 4 members (excludes halogenated alkanes) is 27. The average molecular weight is 1080 g/mol. The van der Waals surface area contributed by atoms with Gasteiger partial charge in [-0.3, -0.25) is 13.8 Å². The molecule has 0 aromatic rings. The van der Waals surface area contributed by atoms with E-state index in [1.54, 1.807) is 6.08 Å². The molecule has 9 heteroatoms. The van der Waals surface area contributed by atoms with Crippen LogP contribution in [0.3, 0.4) is 0 Å². The summed E-state index contributed by atoms with van der Waals surface area (Å²) in [7, 11) is 1.55. The summed E-state index contributed by atoms with van der Waals surface area (Å²) in [6.07, 6.45) is 83.7. The lowest BCUT2D eigenvalue weighted by atomic mass is 10.0. The monoisotopic (exact) mass is 1080 g/mol. The second-order valence-electron chi connectivity index (χ2n) is 22.0. The summed E-state index contributed by atoms with van der Waals surface area (Å²) in [5, 5.41) is 13.9. The van der Waals surface area contributed by atoms with Crippen molar-refractivity contribution in [1.29, 1.82) is 0 Å². The molecule has 0 aromatic carbocycles. The van der Waals surface area contributed by atoms with Crippen LogP contribution in [0.1, 0.15) is 258 Å². The molecule has 1 amide bonds. The predicted molar refractivity (Wildman–Crippen MR) is 332 cm³/mol. The SMILES string of the molecule is CC/C=C\C/C=C\C/C=C\C/C=C\C/C=C\C/C=C\C/C=C\CCCCCCCCCCCCCCCCCCCCCC(=O)NC(COP(=O)(O)OCC[N+](C)(C)C)C(O)/C=C/CC/C=C/CCCCCCCCC. The largest absolute Gasteiger partial charge is 0.472 e. The molecule has 0 saturated heterocycles. The van der Waals surface area contributed by atoms with E-state index in [0.717, 1.165) is 83.5 Å². The van der Waals surface area contributed by atoms with Gasteiger partial charge in [-0.15, -0.1) is 0 Å². The zero-order chi connectivity index (χ0) is 55.6. The molecule has 0 heterocycles. The number of nitrogens with one attached hydrogen (secondary N) is 1. The van der Waals surface area contributed by atoms with Crippen molar-refractivity contribution in [2.24, 2.45) is 0 Å². The van der Waals surface area contributed by atoms with E-state index in [0.29, 0.717) is 17.4 Å². The molecule has 0 bridgehead atoms. The normalized spacial score (nSPS) is 14.6. The Bertz CT molecular complexity index is 1600. The van der Waals surface area contributed by atoms with Crippen LogP contribution in [0.25, 0.3) is 0 Å². The molecule has 3 N–H and O–H groups in total. The number of hydrogen-bond acceptors (Lipinski definition) is 5. The number of hydrogen-bond donors (Lipinski definition) is 3. The van der Waals surface area contributed by atoms with Crippen molar-refractivity contribution in [3.05, 3.63) is 109 Å². The van der Waals surface area contributed by atoms with Gasteiger partial charge in [0.15, 0.2) is 0 Å². The molecule has 0 radical (unpaired) electrons. The van der Waals surface area contributed by atoms with Gasteiger partial charge < -0.3 is 19.8 Å². The van der Waals surface area contributed by atoms with Gasteiger partial charge in [0.05, 0.1) is 39.9 Å². The first-order chi connectivity index (χ1) is 37.0. The summed E-state index contributed by atoms with van der Waals surface area (Å²) in [6, 6.07) is -0.866. The highest BCUT2D eigenvalue weighted by Crippen LogP contribution is 2.43. The maximum atomic E-state index is 13.0. The number of phosphoric acid groups is 1. The number of allylic oxidation sites excluding steroid dienone is 17. The Morgan fingerprint density at radius 2 is 0.803 bits per heavy atom. The van der Waals surface area contributed by atoms with Gasteiger partial charge in [0, 0.05) is 6.42 Å². The highest BCUT2D eigenvalue weighted by atomic mass is 31.2. The molecule has 76 heavy (non-hydrogen) atoms. The standard InChI is InChI=1S/C67H119N2O6P/c1-6-8-10-12-14-16-18-20-21-22-23-24-25-26-27-28-29-30-31-32-33-34-35-36-37-38-39-40-41-42-43-44-45-46-47-49-51-53-55-57-59-61-67(71)68-65(64-75-76(72,73)74-63-62-69(3,4)5)66(70)60-58-56-54-52-50-48-19-17-15-13-11-9-7-2/h8,10,14,16,20-21,23-24,26-27,29-30,32-33,50,52,58,60,65-66,70H,6-7,9,11-13,15,17-19,22,25,28,31,34-49,51,53-57,59,61-64H2,1-5H3,(H-,68,71,72,73)/p+1/b10-8-,16-14-,21-20-,24-23-,27-26-,30-29-,33-32-,52-50+,60-58+. The maximum Gasteiger partial charge on any atom is 0.472 e. The van der Waals surface area contributed by atoms with Crippen LogP contribution in [-0.4, -0.2) is 73.4 Å². The van der Waals surface area contributed by atoms with Gasteiger partial charge in [0.2, 0.25) is 5.91 Å². The maximum absolute atomic E-state index is 13.0. The Morgan fingerprint density at radius 1 is 0.461 bits per heavy atom. The summed E-state index contributed by atoms with van der Waals surface area (Å²) in [4.78, 5) is 23.3. The molecule has 0 aromatic heterocycles. The number of amides is 1. The van der Waals surface area contributed by atoms with Gasteiger partial charge in [-0.1, -0.05) is 271 Å². The second kappa shape index (κ2) is 56.9. The Balaban J connectivity index is 3.95. The molecule has 0 rings (SSSR count). The predicted octanol–water partition coefficient (Wildman–Crippen LogP) is 19.5. The Kier molecular flexibility index (Phi) is 54.7. The van der Waals surface area contributed by atoms with Crippen LogP contribution in [0.5, 0.6) is 0 Å². The van der Waals surface area contributed by atoms with E-state index in [4.69, 9.17) is 9.05 Å². The Labute approximate surface area is 470 Å². The number of quaternary nitrogens is 1. The molecule has 3 atom stereocenters. The van der Waals surface area contributed by atoms with Crippen molar-refractivity contribution in [1.82, 2.24) is 5.32 Å². The third-order valence-electron chi connectivity index (χ3n) is 13.5. The molecule has 0 aliphatic heterocycles. The first kappa shape index (κ1) is 73.2. The Hall–Kier alpha value is -2.84. The minimum atomic E-state index is -4.36. The summed E-state index contributed by atoms with van der Waals surface area (Å²) in [6.45, 7) is 4.67. The summed E-state index contributed by atoms with van der Waals surface area (Å²) in [5.74, 6) is -0.188. The smallest absolute Gasteiger partial charge is 0.387 e. The lowest BCUT2D eigenvalue weighted by Gasteiger charge is -2.25. The van der Waals surface area contributed by atoms with Gasteiger partial charge in [-0.2, -0.15) is 0 Å². The van der Waals surface area contributed by atoms with E-state index < -0.39 is 20.0 Å². The van der Waals surface area contributed by atoms with Gasteiger partial charge >= 0.3 is 7.82 Å². The number of aliphatic hydroxyl groups excluding tert-OH is 1. The Morgan fingerprint density at radius 3 is 1.21 bits per heavy atom. The van der Waals surface area contributed by atoms with Crippen molar-refractivity contribution in [2.45, 2.75) is 270 Å². The highest BCUT2D eigenvalue weighted by molar-refractivity contribution is 7.47. The lowest BCUT2D eigenvalue weighted by Crippen LogP contribution is -2.45. The summed E-state index contributed by atoms with van der Waals surface area (Å²) >= 11 is 0. The number of phosphoric ester groups is 1. The van der Waals surface area contributed by atoms with Crippen LogP contribution in [-0.2, 0) is 18.4 Å². The van der Waals surface area contributed by atoms with Gasteiger partial charge in [-0.25, -0.2) is 4.57 Å². The fraction of sp³-hybridized carbons (Fsp3) is 0.716. The van der Waals surface area contributed by atoms with Crippen LogP contribution in [0.15, 0.2) is 109 Å². The second-order valence-corrected chi connectivity index (χ2v) is 23.5. The minimum Gasteiger partial charge on any atom is -0.387 e. The first-order valence-corrected chi connectivity index (χ1v) is 32.8. The molecule has 0 aliphatic rings. The molecule has 0 aliphatic carbocycles. The third kappa shape index (κ3) is 58.8. The van der Waals surface area contributed by atoms with E-state index in [1.807, 2.05) is 27.2 Å². The van der Waals surface area contributed by atoms with Crippen molar-refractivity contribution in [3.8, 4) is 0 Å². The van der Waals surface area contributed by atoms with Crippen molar-refractivity contribution < 1.29 is 32.9 Å². The molecular weight excluding hydrogens is 960 g/mol. The first-order valence-electron chi connectivity index (χ1n) is 31.3. The van der Waals surface area contributed by atoms with E-state index in [2.05, 4.69) is 116 Å². The van der Waals surface area contributed by atoms with E-state index in [9.17, 15) is 19.4 Å². The van der Waals surface area contributed by atoms with Gasteiger partial charge in [-0.05, 0) is 89.9 Å². The number of carbonyl (C=O) groups is 1. The molecule has 8 nitrogen and oxygen atoms in total. The molecule has 0 fully saturated rings. The number of rotatable bonds is 56. The third-order valence-corrected chi connectivity index (χ3v) is 14.5. The van der Waals surface area contributed by atoms with Crippen LogP contribution in [0, 0.1) is 0 Å². The van der Waals surface area contributed by atoms with Crippen LogP contribution >= 0.6 is 7.82 Å². The summed E-state index contributed by atoms with van der Waals surface area (Å²) < 4.78 is 23.7. The topological polar surface area (TPSA) is 105 Å². The van der Waals surface area contributed by atoms with E-state index in [1.165, 1.54) is 154 Å². The molecule has 3 unspecified atom stereocenters. The summed E-state index contributed by atoms with van der Waals surface area (Å²) in [5.41, 5.74) is 0. The molecule has 0 saturated carbocycles. The average Bonchev–Trinajstić information content (AvgIpc) is 3.38. The lowest BCUT2D eigenvalue weighted by molar-refractivity contribution is -0.870. The number of nitrogens with zero attached hydrogens (tertiary/aromatic N) is 1. The highest BCUT2D eigenvalue weighted by Gasteiger charge is 2.27. The molecule has 438 valence electrons. The van der Waals surface area contributed by atoms with Crippen LogP contribution in [0.2, 0.25) is 0 Å². The van der Waals surface area contributed by atoms with E-state index >= 15 is 0 Å². The number of aliphatic hydroxyl groups is 1. The van der Waals surface area contributed by atoms with Crippen molar-refractivity contribution in [2.75, 3.05) is 40.9 Å². The van der Waals surface area contributed by atoms with E-state index in [-0.39, 0.29) is 19.1 Å². The zero-order valence-corrected chi connectivity index (χ0v) is 50.9. The number of carbonyl (C=O) groups excluding carboxylic acids is 1. The molecule has 0 spiro atoms. The van der Waals surface area contributed by atoms with Crippen LogP contribution < -0.4 is 5.32 Å².